The monoisotopic (exact) mass is 341 g/mol. The Labute approximate surface area is 144 Å². The molecule has 1 aromatic heterocycles. The Morgan fingerprint density at radius 3 is 2.71 bits per heavy atom. The fourth-order valence-corrected chi connectivity index (χ4v) is 2.60. The van der Waals surface area contributed by atoms with Crippen molar-refractivity contribution in [2.45, 2.75) is 13.5 Å². The Morgan fingerprint density at radius 1 is 1.17 bits per heavy atom. The Kier molecular flexibility index (Phi) is 4.69. The van der Waals surface area contributed by atoms with Crippen LogP contribution in [0.25, 0.3) is 11.3 Å². The van der Waals surface area contributed by atoms with Crippen molar-refractivity contribution < 1.29 is 14.3 Å². The molecule has 0 saturated carbocycles. The number of rotatable bonds is 4. The lowest BCUT2D eigenvalue weighted by molar-refractivity contribution is 0.102. The summed E-state index contributed by atoms with van der Waals surface area (Å²) < 4.78 is 5.51. The van der Waals surface area contributed by atoms with Gasteiger partial charge in [0.2, 0.25) is 0 Å². The summed E-state index contributed by atoms with van der Waals surface area (Å²) in [5.41, 5.74) is 2.87. The minimum Gasteiger partial charge on any atom is -0.459 e. The van der Waals surface area contributed by atoms with E-state index in [1.165, 1.54) is 0 Å². The summed E-state index contributed by atoms with van der Waals surface area (Å²) in [6, 6.07) is 16.0. The van der Waals surface area contributed by atoms with E-state index >= 15 is 0 Å². The van der Waals surface area contributed by atoms with Crippen molar-refractivity contribution in [3.63, 3.8) is 0 Å². The van der Waals surface area contributed by atoms with Crippen LogP contribution in [0, 0.1) is 6.92 Å². The summed E-state index contributed by atoms with van der Waals surface area (Å²) in [6.45, 7) is 1.76. The zero-order valence-corrected chi connectivity index (χ0v) is 13.8. The van der Waals surface area contributed by atoms with E-state index in [-0.39, 0.29) is 12.5 Å². The van der Waals surface area contributed by atoms with Crippen molar-refractivity contribution >= 4 is 23.2 Å². The van der Waals surface area contributed by atoms with E-state index in [1.54, 1.807) is 36.4 Å². The van der Waals surface area contributed by atoms with Crippen LogP contribution in [0.4, 0.5) is 5.69 Å². The molecule has 0 saturated heterocycles. The number of aliphatic hydroxyl groups excluding tert-OH is 1. The quantitative estimate of drug-likeness (QED) is 0.725. The normalized spacial score (nSPS) is 10.6. The maximum atomic E-state index is 12.3. The van der Waals surface area contributed by atoms with Gasteiger partial charge in [-0.3, -0.25) is 4.79 Å². The van der Waals surface area contributed by atoms with Gasteiger partial charge in [0.25, 0.3) is 5.91 Å². The second-order valence-electron chi connectivity index (χ2n) is 5.44. The van der Waals surface area contributed by atoms with Crippen LogP contribution in [0.2, 0.25) is 5.02 Å². The summed E-state index contributed by atoms with van der Waals surface area (Å²) in [5, 5.41) is 12.5. The molecule has 0 unspecified atom stereocenters. The molecule has 0 spiro atoms. The molecule has 122 valence electrons. The molecular weight excluding hydrogens is 326 g/mol. The molecular formula is C19H16ClNO3. The van der Waals surface area contributed by atoms with Gasteiger partial charge >= 0.3 is 0 Å². The van der Waals surface area contributed by atoms with Gasteiger partial charge in [0.1, 0.15) is 18.1 Å². The Morgan fingerprint density at radius 2 is 2.00 bits per heavy atom. The second-order valence-corrected chi connectivity index (χ2v) is 5.85. The van der Waals surface area contributed by atoms with Crippen LogP contribution in [0.1, 0.15) is 21.7 Å². The predicted molar refractivity (Wildman–Crippen MR) is 94.2 cm³/mol. The van der Waals surface area contributed by atoms with Crippen molar-refractivity contribution in [2.24, 2.45) is 0 Å². The smallest absolute Gasteiger partial charge is 0.255 e. The first kappa shape index (κ1) is 16.3. The third-order valence-electron chi connectivity index (χ3n) is 3.59. The number of halogens is 1. The third kappa shape index (κ3) is 3.50. The van der Waals surface area contributed by atoms with Gasteiger partial charge in [-0.05, 0) is 49.4 Å². The zero-order chi connectivity index (χ0) is 17.1. The lowest BCUT2D eigenvalue weighted by atomic mass is 10.1. The van der Waals surface area contributed by atoms with Crippen molar-refractivity contribution in [1.29, 1.82) is 0 Å². The van der Waals surface area contributed by atoms with Crippen LogP contribution in [-0.4, -0.2) is 11.0 Å². The molecule has 3 rings (SSSR count). The molecule has 24 heavy (non-hydrogen) atoms. The fourth-order valence-electron chi connectivity index (χ4n) is 2.39. The first-order chi connectivity index (χ1) is 11.6. The molecule has 0 atom stereocenters. The van der Waals surface area contributed by atoms with Crippen molar-refractivity contribution in [3.8, 4) is 11.3 Å². The van der Waals surface area contributed by atoms with Gasteiger partial charge in [0, 0.05) is 16.8 Å². The van der Waals surface area contributed by atoms with Gasteiger partial charge in [-0.25, -0.2) is 0 Å². The molecule has 0 bridgehead atoms. The maximum absolute atomic E-state index is 12.3. The van der Waals surface area contributed by atoms with Gasteiger partial charge in [-0.1, -0.05) is 29.3 Å². The molecule has 2 aromatic carbocycles. The van der Waals surface area contributed by atoms with Crippen LogP contribution in [0.3, 0.4) is 0 Å². The molecule has 5 heteroatoms. The molecule has 3 aromatic rings. The number of aryl methyl sites for hydroxylation is 1. The first-order valence-electron chi connectivity index (χ1n) is 7.44. The summed E-state index contributed by atoms with van der Waals surface area (Å²) in [5.74, 6) is 0.799. The van der Waals surface area contributed by atoms with E-state index < -0.39 is 0 Å². The number of aliphatic hydroxyl groups is 1. The molecule has 4 nitrogen and oxygen atoms in total. The number of hydrogen-bond acceptors (Lipinski definition) is 3. The fraction of sp³-hybridized carbons (Fsp3) is 0.105. The molecule has 0 radical (unpaired) electrons. The minimum absolute atomic E-state index is 0.179. The van der Waals surface area contributed by atoms with E-state index in [1.807, 2.05) is 25.1 Å². The number of carbonyl (C=O) groups excluding carboxylic acids is 1. The first-order valence-corrected chi connectivity index (χ1v) is 7.82. The number of carbonyl (C=O) groups is 1. The number of benzene rings is 2. The van der Waals surface area contributed by atoms with Gasteiger partial charge in [-0.15, -0.1) is 0 Å². The highest BCUT2D eigenvalue weighted by molar-refractivity contribution is 6.33. The number of furan rings is 1. The molecule has 0 aliphatic rings. The lowest BCUT2D eigenvalue weighted by Crippen LogP contribution is -2.11. The Bertz CT molecular complexity index is 886. The minimum atomic E-state index is -0.192. The van der Waals surface area contributed by atoms with E-state index in [2.05, 4.69) is 5.32 Å². The SMILES string of the molecule is Cc1cccc(C(=O)Nc2ccc(Cl)c(-c3ccc(CO)o3)c2)c1. The highest BCUT2D eigenvalue weighted by atomic mass is 35.5. The number of nitrogens with one attached hydrogen (secondary N) is 1. The number of anilines is 1. The molecule has 1 heterocycles. The van der Waals surface area contributed by atoms with Crippen LogP contribution in [0.15, 0.2) is 59.0 Å². The van der Waals surface area contributed by atoms with E-state index in [0.717, 1.165) is 5.56 Å². The van der Waals surface area contributed by atoms with Gasteiger partial charge < -0.3 is 14.8 Å². The van der Waals surface area contributed by atoms with Crippen molar-refractivity contribution in [2.75, 3.05) is 5.32 Å². The topological polar surface area (TPSA) is 62.5 Å². The summed E-state index contributed by atoms with van der Waals surface area (Å²) in [4.78, 5) is 12.3. The molecule has 0 fully saturated rings. The lowest BCUT2D eigenvalue weighted by Gasteiger charge is -2.08. The predicted octanol–water partition coefficient (Wildman–Crippen LogP) is 4.65. The van der Waals surface area contributed by atoms with Gasteiger partial charge in [-0.2, -0.15) is 0 Å². The Hall–Kier alpha value is -2.56. The van der Waals surface area contributed by atoms with Crippen LogP contribution >= 0.6 is 11.6 Å². The van der Waals surface area contributed by atoms with Gasteiger partial charge in [0.15, 0.2) is 0 Å². The van der Waals surface area contributed by atoms with E-state index in [4.69, 9.17) is 21.1 Å². The molecule has 0 aliphatic heterocycles. The van der Waals surface area contributed by atoms with Crippen LogP contribution in [-0.2, 0) is 6.61 Å². The standard InChI is InChI=1S/C19H16ClNO3/c1-12-3-2-4-13(9-12)19(23)21-14-5-7-17(20)16(10-14)18-8-6-15(11-22)24-18/h2-10,22H,11H2,1H3,(H,21,23). The summed E-state index contributed by atoms with van der Waals surface area (Å²) in [7, 11) is 0. The summed E-state index contributed by atoms with van der Waals surface area (Å²) in [6.07, 6.45) is 0. The maximum Gasteiger partial charge on any atom is 0.255 e. The largest absolute Gasteiger partial charge is 0.459 e. The zero-order valence-electron chi connectivity index (χ0n) is 13.0. The average Bonchev–Trinajstić information content (AvgIpc) is 3.05. The van der Waals surface area contributed by atoms with Crippen molar-refractivity contribution in [3.05, 3.63) is 76.5 Å². The highest BCUT2D eigenvalue weighted by Gasteiger charge is 2.12. The molecule has 0 aliphatic carbocycles. The molecule has 2 N–H and O–H groups in total. The van der Waals surface area contributed by atoms with Crippen molar-refractivity contribution in [1.82, 2.24) is 0 Å². The summed E-state index contributed by atoms with van der Waals surface area (Å²) >= 11 is 6.22. The molecule has 1 amide bonds. The van der Waals surface area contributed by atoms with Crippen LogP contribution in [0.5, 0.6) is 0 Å². The van der Waals surface area contributed by atoms with E-state index in [0.29, 0.717) is 33.4 Å². The van der Waals surface area contributed by atoms with E-state index in [9.17, 15) is 4.79 Å². The number of amides is 1. The number of hydrogen-bond donors (Lipinski definition) is 2. The third-order valence-corrected chi connectivity index (χ3v) is 3.92. The van der Waals surface area contributed by atoms with Crippen LogP contribution < -0.4 is 5.32 Å². The van der Waals surface area contributed by atoms with Gasteiger partial charge in [0.05, 0.1) is 5.02 Å². The second kappa shape index (κ2) is 6.91. The average molecular weight is 342 g/mol. The Balaban J connectivity index is 1.87. The highest BCUT2D eigenvalue weighted by Crippen LogP contribution is 2.32.